The number of hydrogen-bond acceptors (Lipinski definition) is 2. The average Bonchev–Trinajstić information content (AvgIpc) is 2.79. The van der Waals surface area contributed by atoms with E-state index in [1.165, 1.54) is 6.07 Å². The number of nitrogens with zero attached hydrogens (tertiary/aromatic N) is 2. The zero-order valence-corrected chi connectivity index (χ0v) is 13.7. The van der Waals surface area contributed by atoms with Gasteiger partial charge >= 0.3 is 0 Å². The van der Waals surface area contributed by atoms with Gasteiger partial charge in [-0.3, -0.25) is 4.68 Å². The molecule has 1 aromatic carbocycles. The molecule has 0 bridgehead atoms. The molecular formula is C15H18Cl2FN3. The highest BCUT2D eigenvalue weighted by Gasteiger charge is 2.25. The molecule has 0 spiro atoms. The second-order valence-corrected chi connectivity index (χ2v) is 5.92. The van der Waals surface area contributed by atoms with Crippen molar-refractivity contribution in [3.8, 4) is 0 Å². The molecule has 1 unspecified atom stereocenters. The minimum Gasteiger partial charge on any atom is -0.305 e. The molecule has 0 aliphatic rings. The van der Waals surface area contributed by atoms with Gasteiger partial charge in [0.1, 0.15) is 5.82 Å². The van der Waals surface area contributed by atoms with Crippen LogP contribution < -0.4 is 5.32 Å². The van der Waals surface area contributed by atoms with Gasteiger partial charge in [0.15, 0.2) is 0 Å². The SMILES string of the molecule is CCNC(c1ccc(Cl)cc1F)c1c(Cl)cnn1C(C)C. The van der Waals surface area contributed by atoms with E-state index in [1.807, 2.05) is 25.5 Å². The lowest BCUT2D eigenvalue weighted by Gasteiger charge is -2.22. The van der Waals surface area contributed by atoms with Crippen LogP contribution in [0.25, 0.3) is 0 Å². The largest absolute Gasteiger partial charge is 0.305 e. The third-order valence-electron chi connectivity index (χ3n) is 3.23. The zero-order valence-electron chi connectivity index (χ0n) is 12.2. The van der Waals surface area contributed by atoms with Crippen LogP contribution in [0.2, 0.25) is 10.0 Å². The van der Waals surface area contributed by atoms with Gasteiger partial charge in [-0.25, -0.2) is 4.39 Å². The van der Waals surface area contributed by atoms with Crippen molar-refractivity contribution in [1.82, 2.24) is 15.1 Å². The second kappa shape index (κ2) is 6.77. The molecule has 1 heterocycles. The van der Waals surface area contributed by atoms with Gasteiger partial charge in [0, 0.05) is 16.6 Å². The van der Waals surface area contributed by atoms with Gasteiger partial charge in [-0.15, -0.1) is 0 Å². The highest BCUT2D eigenvalue weighted by atomic mass is 35.5. The third kappa shape index (κ3) is 3.39. The molecular weight excluding hydrogens is 312 g/mol. The summed E-state index contributed by atoms with van der Waals surface area (Å²) in [5, 5.41) is 8.44. The molecule has 0 aliphatic heterocycles. The smallest absolute Gasteiger partial charge is 0.129 e. The molecule has 114 valence electrons. The van der Waals surface area contributed by atoms with Crippen molar-refractivity contribution in [1.29, 1.82) is 0 Å². The molecule has 1 atom stereocenters. The van der Waals surface area contributed by atoms with Gasteiger partial charge in [-0.2, -0.15) is 5.10 Å². The zero-order chi connectivity index (χ0) is 15.6. The number of aromatic nitrogens is 2. The topological polar surface area (TPSA) is 29.9 Å². The molecule has 0 saturated heterocycles. The molecule has 2 rings (SSSR count). The van der Waals surface area contributed by atoms with Gasteiger partial charge in [0.05, 0.1) is 23.0 Å². The maximum atomic E-state index is 14.3. The van der Waals surface area contributed by atoms with Gasteiger partial charge in [-0.1, -0.05) is 36.2 Å². The molecule has 1 aromatic heterocycles. The third-order valence-corrected chi connectivity index (χ3v) is 3.76. The Bertz CT molecular complexity index is 625. The number of hydrogen-bond donors (Lipinski definition) is 1. The predicted molar refractivity (Wildman–Crippen MR) is 84.6 cm³/mol. The first-order valence-electron chi connectivity index (χ1n) is 6.87. The van der Waals surface area contributed by atoms with E-state index >= 15 is 0 Å². The van der Waals surface area contributed by atoms with Gasteiger partial charge in [0.25, 0.3) is 0 Å². The maximum absolute atomic E-state index is 14.3. The van der Waals surface area contributed by atoms with E-state index in [4.69, 9.17) is 23.2 Å². The highest BCUT2D eigenvalue weighted by molar-refractivity contribution is 6.31. The Balaban J connectivity index is 2.56. The summed E-state index contributed by atoms with van der Waals surface area (Å²) >= 11 is 12.1. The van der Waals surface area contributed by atoms with Crippen LogP contribution in [0.5, 0.6) is 0 Å². The summed E-state index contributed by atoms with van der Waals surface area (Å²) in [6.07, 6.45) is 1.59. The molecule has 0 saturated carbocycles. The quantitative estimate of drug-likeness (QED) is 0.868. The summed E-state index contributed by atoms with van der Waals surface area (Å²) in [7, 11) is 0. The van der Waals surface area contributed by atoms with Crippen molar-refractivity contribution in [3.63, 3.8) is 0 Å². The van der Waals surface area contributed by atoms with Crippen LogP contribution in [-0.4, -0.2) is 16.3 Å². The summed E-state index contributed by atoms with van der Waals surface area (Å²) in [6.45, 7) is 6.65. The number of benzene rings is 1. The Hall–Kier alpha value is -1.10. The molecule has 21 heavy (non-hydrogen) atoms. The van der Waals surface area contributed by atoms with Crippen molar-refractivity contribution >= 4 is 23.2 Å². The van der Waals surface area contributed by atoms with Crippen molar-refractivity contribution in [2.75, 3.05) is 6.54 Å². The summed E-state index contributed by atoms with van der Waals surface area (Å²) in [5.74, 6) is -0.360. The van der Waals surface area contributed by atoms with E-state index in [2.05, 4.69) is 10.4 Å². The fraction of sp³-hybridized carbons (Fsp3) is 0.400. The van der Waals surface area contributed by atoms with Crippen molar-refractivity contribution in [2.45, 2.75) is 32.9 Å². The van der Waals surface area contributed by atoms with Crippen molar-refractivity contribution in [2.24, 2.45) is 0 Å². The first-order valence-corrected chi connectivity index (χ1v) is 7.62. The Morgan fingerprint density at radius 3 is 2.62 bits per heavy atom. The normalized spacial score (nSPS) is 12.9. The first kappa shape index (κ1) is 16.3. The van der Waals surface area contributed by atoms with Crippen molar-refractivity contribution in [3.05, 3.63) is 51.5 Å². The fourth-order valence-corrected chi connectivity index (χ4v) is 2.72. The van der Waals surface area contributed by atoms with E-state index in [0.29, 0.717) is 22.2 Å². The van der Waals surface area contributed by atoms with Crippen LogP contribution in [0.3, 0.4) is 0 Å². The van der Waals surface area contributed by atoms with Crippen LogP contribution >= 0.6 is 23.2 Å². The van der Waals surface area contributed by atoms with Crippen LogP contribution in [0.4, 0.5) is 4.39 Å². The average molecular weight is 330 g/mol. The van der Waals surface area contributed by atoms with Crippen LogP contribution in [0.1, 0.15) is 44.1 Å². The number of nitrogens with one attached hydrogen (secondary N) is 1. The van der Waals surface area contributed by atoms with E-state index in [-0.39, 0.29) is 17.9 Å². The molecule has 0 fully saturated rings. The summed E-state index contributed by atoms with van der Waals surface area (Å²) in [5.41, 5.74) is 1.26. The van der Waals surface area contributed by atoms with Crippen LogP contribution in [0, 0.1) is 5.82 Å². The van der Waals surface area contributed by atoms with Crippen molar-refractivity contribution < 1.29 is 4.39 Å². The van der Waals surface area contributed by atoms with Gasteiger partial charge in [-0.05, 0) is 32.5 Å². The molecule has 3 nitrogen and oxygen atoms in total. The summed E-state index contributed by atoms with van der Waals surface area (Å²) in [4.78, 5) is 0. The minimum absolute atomic E-state index is 0.129. The lowest BCUT2D eigenvalue weighted by Crippen LogP contribution is -2.26. The van der Waals surface area contributed by atoms with E-state index in [1.54, 1.807) is 18.3 Å². The maximum Gasteiger partial charge on any atom is 0.129 e. The summed E-state index contributed by atoms with van der Waals surface area (Å²) < 4.78 is 16.1. The molecule has 2 aromatic rings. The molecule has 0 aliphatic carbocycles. The van der Waals surface area contributed by atoms with Crippen LogP contribution in [-0.2, 0) is 0 Å². The molecule has 0 radical (unpaired) electrons. The highest BCUT2D eigenvalue weighted by Crippen LogP contribution is 2.32. The lowest BCUT2D eigenvalue weighted by molar-refractivity contribution is 0.467. The Morgan fingerprint density at radius 1 is 1.33 bits per heavy atom. The molecule has 1 N–H and O–H groups in total. The second-order valence-electron chi connectivity index (χ2n) is 5.07. The number of halogens is 3. The van der Waals surface area contributed by atoms with Gasteiger partial charge in [0.2, 0.25) is 0 Å². The van der Waals surface area contributed by atoms with E-state index in [9.17, 15) is 4.39 Å². The molecule has 6 heteroatoms. The summed E-state index contributed by atoms with van der Waals surface area (Å²) in [6, 6.07) is 4.42. The lowest BCUT2D eigenvalue weighted by atomic mass is 10.0. The van der Waals surface area contributed by atoms with Crippen LogP contribution in [0.15, 0.2) is 24.4 Å². The minimum atomic E-state index is -0.371. The predicted octanol–water partition coefficient (Wildman–Crippen LogP) is 4.61. The number of rotatable bonds is 5. The Kier molecular flexibility index (Phi) is 5.25. The van der Waals surface area contributed by atoms with E-state index in [0.717, 1.165) is 5.69 Å². The fourth-order valence-electron chi connectivity index (χ4n) is 2.33. The standard InChI is InChI=1S/C15H18Cl2FN3/c1-4-19-14(11-6-5-10(16)7-13(11)18)15-12(17)8-20-21(15)9(2)3/h5-9,14,19H,4H2,1-3H3. The monoisotopic (exact) mass is 329 g/mol. The Morgan fingerprint density at radius 2 is 2.05 bits per heavy atom. The van der Waals surface area contributed by atoms with E-state index < -0.39 is 0 Å². The Labute approximate surface area is 134 Å². The first-order chi connectivity index (χ1) is 9.95. The molecule has 0 amide bonds. The van der Waals surface area contributed by atoms with Gasteiger partial charge < -0.3 is 5.32 Å².